The third kappa shape index (κ3) is 6.32. The van der Waals surface area contributed by atoms with E-state index in [1.165, 1.54) is 5.56 Å². The van der Waals surface area contributed by atoms with Crippen molar-refractivity contribution in [3.63, 3.8) is 0 Å². The first-order valence-corrected chi connectivity index (χ1v) is 11.9. The molecule has 34 heavy (non-hydrogen) atoms. The van der Waals surface area contributed by atoms with Crippen molar-refractivity contribution < 1.29 is 14.3 Å². The van der Waals surface area contributed by atoms with Crippen LogP contribution in [0.2, 0.25) is 5.02 Å². The molecule has 0 N–H and O–H groups in total. The van der Waals surface area contributed by atoms with Crippen LogP contribution in [-0.2, 0) is 24.3 Å². The van der Waals surface area contributed by atoms with E-state index >= 15 is 0 Å². The summed E-state index contributed by atoms with van der Waals surface area (Å²) in [6.45, 7) is 7.16. The Morgan fingerprint density at radius 2 is 1.85 bits per heavy atom. The Morgan fingerprint density at radius 3 is 2.53 bits per heavy atom. The van der Waals surface area contributed by atoms with Gasteiger partial charge in [0, 0.05) is 18.7 Å². The quantitative estimate of drug-likeness (QED) is 0.361. The second kappa shape index (κ2) is 11.9. The first kappa shape index (κ1) is 25.6. The summed E-state index contributed by atoms with van der Waals surface area (Å²) in [5.74, 6) is 2.12. The molecule has 0 aliphatic carbocycles. The van der Waals surface area contributed by atoms with E-state index in [1.807, 2.05) is 37.3 Å². The number of aromatic nitrogens is 2. The zero-order chi connectivity index (χ0) is 24.7. The van der Waals surface area contributed by atoms with E-state index in [9.17, 15) is 4.79 Å². The molecule has 1 radical (unpaired) electrons. The molecule has 2 aromatic carbocycles. The lowest BCUT2D eigenvalue weighted by Crippen LogP contribution is -2.19. The van der Waals surface area contributed by atoms with Crippen molar-refractivity contribution in [2.75, 3.05) is 14.2 Å². The Bertz CT molecular complexity index is 1110. The minimum absolute atomic E-state index is 0.102. The summed E-state index contributed by atoms with van der Waals surface area (Å²) in [5, 5.41) is 4.87. The Kier molecular flexibility index (Phi) is 8.99. The summed E-state index contributed by atoms with van der Waals surface area (Å²) in [6, 6.07) is 14.0. The lowest BCUT2D eigenvalue weighted by Gasteiger charge is -2.16. The zero-order valence-corrected chi connectivity index (χ0v) is 21.4. The number of hydrogen-bond donors (Lipinski definition) is 0. The van der Waals surface area contributed by atoms with Crippen molar-refractivity contribution in [3.8, 4) is 11.5 Å². The highest BCUT2D eigenvalue weighted by atomic mass is 35.5. The van der Waals surface area contributed by atoms with Gasteiger partial charge in [-0.15, -0.1) is 0 Å². The van der Waals surface area contributed by atoms with Crippen LogP contribution in [-0.4, -0.2) is 29.7 Å². The maximum absolute atomic E-state index is 12.5. The van der Waals surface area contributed by atoms with Crippen molar-refractivity contribution >= 4 is 17.5 Å². The van der Waals surface area contributed by atoms with Crippen molar-refractivity contribution in [1.82, 2.24) is 14.9 Å². The second-order valence-corrected chi connectivity index (χ2v) is 8.98. The van der Waals surface area contributed by atoms with Gasteiger partial charge in [-0.05, 0) is 49.8 Å². The fraction of sp³-hybridized carbons (Fsp3) is 0.407. The van der Waals surface area contributed by atoms with Crippen LogP contribution in [0.15, 0.2) is 42.5 Å². The first-order valence-electron chi connectivity index (χ1n) is 11.5. The number of aryl methyl sites for hydroxylation is 1. The molecule has 0 aliphatic rings. The summed E-state index contributed by atoms with van der Waals surface area (Å²) in [6.07, 6.45) is 1.86. The predicted molar refractivity (Wildman–Crippen MR) is 135 cm³/mol. The number of halogens is 1. The molecular formula is C27H33ClN3O3. The van der Waals surface area contributed by atoms with Crippen molar-refractivity contribution in [3.05, 3.63) is 75.8 Å². The molecule has 1 aromatic heterocycles. The van der Waals surface area contributed by atoms with Crippen molar-refractivity contribution in [1.29, 1.82) is 0 Å². The molecular weight excluding hydrogens is 450 g/mol. The van der Waals surface area contributed by atoms with Gasteiger partial charge in [0.2, 0.25) is 5.91 Å². The summed E-state index contributed by atoms with van der Waals surface area (Å²) >= 11 is 6.50. The van der Waals surface area contributed by atoms with Crippen LogP contribution in [0.3, 0.4) is 0 Å². The smallest absolute Gasteiger partial charge is 0.241 e. The van der Waals surface area contributed by atoms with E-state index in [1.54, 1.807) is 14.2 Å². The largest absolute Gasteiger partial charge is 0.493 e. The van der Waals surface area contributed by atoms with E-state index < -0.39 is 0 Å². The molecule has 0 bridgehead atoms. The molecule has 1 amide bonds. The van der Waals surface area contributed by atoms with Gasteiger partial charge in [0.05, 0.1) is 24.9 Å². The molecule has 0 spiro atoms. The highest BCUT2D eigenvalue weighted by Gasteiger charge is 2.17. The van der Waals surface area contributed by atoms with Crippen LogP contribution in [0.25, 0.3) is 0 Å². The molecule has 3 rings (SSSR count). The number of imidazole rings is 1. The van der Waals surface area contributed by atoms with Crippen molar-refractivity contribution in [2.24, 2.45) is 5.92 Å². The fourth-order valence-corrected chi connectivity index (χ4v) is 4.30. The molecule has 181 valence electrons. The summed E-state index contributed by atoms with van der Waals surface area (Å²) in [7, 11) is 3.16. The Hall–Kier alpha value is -2.99. The minimum Gasteiger partial charge on any atom is -0.493 e. The van der Waals surface area contributed by atoms with Crippen LogP contribution in [0.5, 0.6) is 11.5 Å². The van der Waals surface area contributed by atoms with Gasteiger partial charge in [0.25, 0.3) is 0 Å². The molecule has 0 fully saturated rings. The van der Waals surface area contributed by atoms with Crippen LogP contribution >= 0.6 is 11.6 Å². The average molecular weight is 483 g/mol. The summed E-state index contributed by atoms with van der Waals surface area (Å²) in [5.41, 5.74) is 4.24. The van der Waals surface area contributed by atoms with Gasteiger partial charge < -0.3 is 14.0 Å². The van der Waals surface area contributed by atoms with Gasteiger partial charge in [0.15, 0.2) is 11.5 Å². The lowest BCUT2D eigenvalue weighted by molar-refractivity contribution is -0.121. The average Bonchev–Trinajstić information content (AvgIpc) is 3.10. The van der Waals surface area contributed by atoms with Gasteiger partial charge in [0.1, 0.15) is 12.4 Å². The van der Waals surface area contributed by atoms with Gasteiger partial charge in [-0.1, -0.05) is 54.9 Å². The van der Waals surface area contributed by atoms with Crippen LogP contribution in [0.4, 0.5) is 0 Å². The topological polar surface area (TPSA) is 67.5 Å². The van der Waals surface area contributed by atoms with Crippen molar-refractivity contribution in [2.45, 2.75) is 53.1 Å². The molecule has 0 aliphatic heterocycles. The third-order valence-electron chi connectivity index (χ3n) is 6.10. The monoisotopic (exact) mass is 482 g/mol. The summed E-state index contributed by atoms with van der Waals surface area (Å²) in [4.78, 5) is 17.2. The molecule has 1 heterocycles. The SMILES string of the molecule is COc1ccc(CC(C)CCC(=O)[N]Cc2nc(C)c(C)n2Cc2ccccc2)c(Cl)c1OC. The fourth-order valence-electron chi connectivity index (χ4n) is 3.99. The number of hydrogen-bond acceptors (Lipinski definition) is 4. The van der Waals surface area contributed by atoms with Gasteiger partial charge >= 0.3 is 0 Å². The normalized spacial score (nSPS) is 11.8. The zero-order valence-electron chi connectivity index (χ0n) is 20.6. The second-order valence-electron chi connectivity index (χ2n) is 8.60. The molecule has 0 saturated carbocycles. The number of rotatable bonds is 11. The predicted octanol–water partition coefficient (Wildman–Crippen LogP) is 5.51. The number of ether oxygens (including phenoxy) is 2. The van der Waals surface area contributed by atoms with E-state index in [4.69, 9.17) is 21.1 Å². The van der Waals surface area contributed by atoms with Crippen LogP contribution < -0.4 is 14.8 Å². The highest BCUT2D eigenvalue weighted by molar-refractivity contribution is 6.33. The van der Waals surface area contributed by atoms with Crippen LogP contribution in [0, 0.1) is 19.8 Å². The van der Waals surface area contributed by atoms with Gasteiger partial charge in [-0.2, -0.15) is 0 Å². The maximum atomic E-state index is 12.5. The van der Waals surface area contributed by atoms with E-state index in [-0.39, 0.29) is 18.4 Å². The Balaban J connectivity index is 1.54. The van der Waals surface area contributed by atoms with Gasteiger partial charge in [-0.25, -0.2) is 10.3 Å². The molecule has 0 saturated heterocycles. The molecule has 1 atom stereocenters. The first-order chi connectivity index (χ1) is 16.3. The Morgan fingerprint density at radius 1 is 1.12 bits per heavy atom. The van der Waals surface area contributed by atoms with E-state index in [2.05, 4.69) is 40.8 Å². The molecule has 3 aromatic rings. The molecule has 6 nitrogen and oxygen atoms in total. The Labute approximate surface area is 207 Å². The number of carbonyl (C=O) groups is 1. The number of methoxy groups -OCH3 is 2. The van der Waals surface area contributed by atoms with E-state index in [0.717, 1.165) is 42.2 Å². The maximum Gasteiger partial charge on any atom is 0.241 e. The number of amides is 1. The standard InChI is InChI=1S/C27H33ClN3O3/c1-18(15-22-12-13-23(33-4)27(34-5)26(22)28)11-14-25(32)29-16-24-30-19(2)20(3)31(24)17-21-9-7-6-8-10-21/h6-10,12-13,18H,11,14-17H2,1-5H3. The minimum atomic E-state index is -0.102. The molecule has 7 heteroatoms. The number of carbonyl (C=O) groups excluding carboxylic acids is 1. The summed E-state index contributed by atoms with van der Waals surface area (Å²) < 4.78 is 12.8. The number of nitrogens with zero attached hydrogens (tertiary/aromatic N) is 3. The van der Waals surface area contributed by atoms with Gasteiger partial charge in [-0.3, -0.25) is 4.79 Å². The highest BCUT2D eigenvalue weighted by Crippen LogP contribution is 2.38. The van der Waals surface area contributed by atoms with Crippen LogP contribution in [0.1, 0.15) is 48.1 Å². The third-order valence-corrected chi connectivity index (χ3v) is 6.52. The molecule has 1 unspecified atom stereocenters. The lowest BCUT2D eigenvalue weighted by atomic mass is 9.96. The van der Waals surface area contributed by atoms with E-state index in [0.29, 0.717) is 22.9 Å². The number of benzene rings is 2.